The summed E-state index contributed by atoms with van der Waals surface area (Å²) in [4.78, 5) is 0. The fourth-order valence-electron chi connectivity index (χ4n) is 2.56. The molecule has 2 aliphatic rings. The lowest BCUT2D eigenvalue weighted by Crippen LogP contribution is -2.59. The van der Waals surface area contributed by atoms with Crippen LogP contribution in [0.1, 0.15) is 39.5 Å². The molecule has 0 aromatic rings. The van der Waals surface area contributed by atoms with Crippen LogP contribution in [-0.4, -0.2) is 24.8 Å². The van der Waals surface area contributed by atoms with Gasteiger partial charge in [0.1, 0.15) is 0 Å². The Morgan fingerprint density at radius 1 is 1.31 bits per heavy atom. The fourth-order valence-corrected chi connectivity index (χ4v) is 2.56. The predicted octanol–water partition coefficient (Wildman–Crippen LogP) is 1.94. The van der Waals surface area contributed by atoms with Crippen LogP contribution in [0.2, 0.25) is 0 Å². The predicted molar refractivity (Wildman–Crippen MR) is 53.8 cm³/mol. The molecular weight excluding hydrogens is 162 g/mol. The van der Waals surface area contributed by atoms with E-state index < -0.39 is 0 Å². The van der Waals surface area contributed by atoms with Crippen molar-refractivity contribution in [2.45, 2.75) is 51.1 Å². The molecule has 0 aromatic carbocycles. The van der Waals surface area contributed by atoms with Crippen molar-refractivity contribution in [1.29, 1.82) is 0 Å². The molecular formula is C11H21NO. The van der Waals surface area contributed by atoms with Crippen LogP contribution in [0.5, 0.6) is 0 Å². The smallest absolute Gasteiger partial charge is 0.0649 e. The Balaban J connectivity index is 1.98. The molecule has 1 aliphatic carbocycles. The summed E-state index contributed by atoms with van der Waals surface area (Å²) >= 11 is 0. The van der Waals surface area contributed by atoms with Gasteiger partial charge in [-0.05, 0) is 18.8 Å². The van der Waals surface area contributed by atoms with Crippen LogP contribution in [0.15, 0.2) is 0 Å². The van der Waals surface area contributed by atoms with E-state index in [1.165, 1.54) is 25.7 Å². The van der Waals surface area contributed by atoms with Gasteiger partial charge >= 0.3 is 0 Å². The van der Waals surface area contributed by atoms with Crippen LogP contribution in [0.3, 0.4) is 0 Å². The Kier molecular flexibility index (Phi) is 2.61. The van der Waals surface area contributed by atoms with E-state index in [1.807, 2.05) is 0 Å². The van der Waals surface area contributed by atoms with Crippen molar-refractivity contribution in [3.8, 4) is 0 Å². The van der Waals surface area contributed by atoms with Crippen LogP contribution in [0.4, 0.5) is 0 Å². The monoisotopic (exact) mass is 183 g/mol. The van der Waals surface area contributed by atoms with Gasteiger partial charge in [-0.15, -0.1) is 0 Å². The van der Waals surface area contributed by atoms with Gasteiger partial charge in [-0.25, -0.2) is 0 Å². The third kappa shape index (κ3) is 1.89. The molecule has 0 radical (unpaired) electrons. The zero-order valence-electron chi connectivity index (χ0n) is 8.81. The van der Waals surface area contributed by atoms with Crippen molar-refractivity contribution in [2.75, 3.05) is 13.2 Å². The molecule has 2 heteroatoms. The maximum atomic E-state index is 5.72. The van der Waals surface area contributed by atoms with Crippen LogP contribution < -0.4 is 5.32 Å². The molecule has 0 amide bonds. The van der Waals surface area contributed by atoms with Gasteiger partial charge in [-0.1, -0.05) is 26.7 Å². The van der Waals surface area contributed by atoms with Gasteiger partial charge in [0.2, 0.25) is 0 Å². The van der Waals surface area contributed by atoms with E-state index in [9.17, 15) is 0 Å². The van der Waals surface area contributed by atoms with Crippen molar-refractivity contribution < 1.29 is 4.74 Å². The van der Waals surface area contributed by atoms with Gasteiger partial charge in [0.05, 0.1) is 13.2 Å². The van der Waals surface area contributed by atoms with Crippen LogP contribution in [-0.2, 0) is 4.74 Å². The summed E-state index contributed by atoms with van der Waals surface area (Å²) in [5.74, 6) is 0.692. The number of morpholine rings is 1. The van der Waals surface area contributed by atoms with Gasteiger partial charge in [0, 0.05) is 11.6 Å². The van der Waals surface area contributed by atoms with Crippen molar-refractivity contribution >= 4 is 0 Å². The molecule has 76 valence electrons. The molecule has 1 atom stereocenters. The molecule has 1 heterocycles. The summed E-state index contributed by atoms with van der Waals surface area (Å²) in [6.07, 6.45) is 5.38. The first-order valence-corrected chi connectivity index (χ1v) is 5.57. The first-order chi connectivity index (χ1) is 6.22. The van der Waals surface area contributed by atoms with E-state index in [0.29, 0.717) is 17.5 Å². The number of ether oxygens (including phenoxy) is 1. The Morgan fingerprint density at radius 3 is 2.62 bits per heavy atom. The standard InChI is InChI=1S/C11H21NO/c1-9(2)10-7-13-8-11(12-10)5-3-4-6-11/h9-10,12H,3-8H2,1-2H3/t10-/m0/s1. The number of hydrogen-bond acceptors (Lipinski definition) is 2. The zero-order valence-corrected chi connectivity index (χ0v) is 8.81. The molecule has 1 N–H and O–H groups in total. The molecule has 13 heavy (non-hydrogen) atoms. The molecule has 1 saturated carbocycles. The summed E-state index contributed by atoms with van der Waals surface area (Å²) in [5.41, 5.74) is 0.354. The molecule has 2 nitrogen and oxygen atoms in total. The average Bonchev–Trinajstić information content (AvgIpc) is 2.53. The minimum absolute atomic E-state index is 0.354. The topological polar surface area (TPSA) is 21.3 Å². The number of nitrogens with one attached hydrogen (secondary N) is 1. The number of hydrogen-bond donors (Lipinski definition) is 1. The highest BCUT2D eigenvalue weighted by Gasteiger charge is 2.39. The van der Waals surface area contributed by atoms with Gasteiger partial charge in [0.15, 0.2) is 0 Å². The van der Waals surface area contributed by atoms with E-state index in [0.717, 1.165) is 13.2 Å². The van der Waals surface area contributed by atoms with E-state index >= 15 is 0 Å². The minimum Gasteiger partial charge on any atom is -0.378 e. The second kappa shape index (κ2) is 3.58. The molecule has 2 fully saturated rings. The molecule has 2 rings (SSSR count). The van der Waals surface area contributed by atoms with Gasteiger partial charge in [-0.3, -0.25) is 0 Å². The fraction of sp³-hybridized carbons (Fsp3) is 1.00. The van der Waals surface area contributed by atoms with Crippen LogP contribution in [0.25, 0.3) is 0 Å². The first-order valence-electron chi connectivity index (χ1n) is 5.57. The van der Waals surface area contributed by atoms with Crippen molar-refractivity contribution in [2.24, 2.45) is 5.92 Å². The van der Waals surface area contributed by atoms with E-state index in [4.69, 9.17) is 4.74 Å². The summed E-state index contributed by atoms with van der Waals surface area (Å²) in [6, 6.07) is 0.576. The highest BCUT2D eigenvalue weighted by Crippen LogP contribution is 2.33. The molecule has 1 spiro atoms. The molecule has 1 aliphatic heterocycles. The Hall–Kier alpha value is -0.0800. The highest BCUT2D eigenvalue weighted by molar-refractivity contribution is 4.97. The van der Waals surface area contributed by atoms with Gasteiger partial charge in [-0.2, -0.15) is 0 Å². The maximum absolute atomic E-state index is 5.72. The third-order valence-electron chi connectivity index (χ3n) is 3.53. The minimum atomic E-state index is 0.354. The van der Waals surface area contributed by atoms with E-state index in [-0.39, 0.29) is 0 Å². The average molecular weight is 183 g/mol. The SMILES string of the molecule is CC(C)[C@@H]1COCC2(CCCC2)N1. The lowest BCUT2D eigenvalue weighted by molar-refractivity contribution is -0.0106. The Labute approximate surface area is 81.0 Å². The first kappa shape index (κ1) is 9.47. The van der Waals surface area contributed by atoms with Crippen molar-refractivity contribution in [3.63, 3.8) is 0 Å². The molecule has 0 aromatic heterocycles. The lowest BCUT2D eigenvalue weighted by Gasteiger charge is -2.41. The summed E-state index contributed by atoms with van der Waals surface area (Å²) in [5, 5.41) is 3.80. The van der Waals surface area contributed by atoms with Crippen LogP contribution >= 0.6 is 0 Å². The summed E-state index contributed by atoms with van der Waals surface area (Å²) in [6.45, 7) is 6.39. The molecule has 0 bridgehead atoms. The highest BCUT2D eigenvalue weighted by atomic mass is 16.5. The zero-order chi connectivity index (χ0) is 9.31. The summed E-state index contributed by atoms with van der Waals surface area (Å²) in [7, 11) is 0. The molecule has 0 unspecified atom stereocenters. The van der Waals surface area contributed by atoms with Gasteiger partial charge in [0.25, 0.3) is 0 Å². The summed E-state index contributed by atoms with van der Waals surface area (Å²) < 4.78 is 5.72. The van der Waals surface area contributed by atoms with Crippen molar-refractivity contribution in [3.05, 3.63) is 0 Å². The Bertz CT molecular complexity index is 173. The van der Waals surface area contributed by atoms with Gasteiger partial charge < -0.3 is 10.1 Å². The second-order valence-electron chi connectivity index (χ2n) is 5.00. The lowest BCUT2D eigenvalue weighted by atomic mass is 9.92. The number of rotatable bonds is 1. The Morgan fingerprint density at radius 2 is 2.00 bits per heavy atom. The maximum Gasteiger partial charge on any atom is 0.0649 e. The van der Waals surface area contributed by atoms with E-state index in [1.54, 1.807) is 0 Å². The largest absolute Gasteiger partial charge is 0.378 e. The third-order valence-corrected chi connectivity index (χ3v) is 3.53. The van der Waals surface area contributed by atoms with Crippen LogP contribution in [0, 0.1) is 5.92 Å². The van der Waals surface area contributed by atoms with E-state index in [2.05, 4.69) is 19.2 Å². The van der Waals surface area contributed by atoms with Crippen molar-refractivity contribution in [1.82, 2.24) is 5.32 Å². The molecule has 1 saturated heterocycles. The normalized spacial score (nSPS) is 33.0. The second-order valence-corrected chi connectivity index (χ2v) is 5.00. The quantitative estimate of drug-likeness (QED) is 0.671.